The monoisotopic (exact) mass is 270 g/mol. The Morgan fingerprint density at radius 3 is 2.39 bits per heavy atom. The highest BCUT2D eigenvalue weighted by Gasteiger charge is 2.30. The van der Waals surface area contributed by atoms with E-state index in [1.54, 1.807) is 19.1 Å². The third-order valence-corrected chi connectivity index (χ3v) is 4.93. The number of aryl methyl sites for hydroxylation is 2. The molecule has 0 aliphatic heterocycles. The summed E-state index contributed by atoms with van der Waals surface area (Å²) in [5.74, 6) is -0.712. The van der Waals surface area contributed by atoms with Crippen LogP contribution in [-0.4, -0.2) is 26.2 Å². The second-order valence-electron chi connectivity index (χ2n) is 4.19. The molecular formula is C13H18O4S. The minimum absolute atomic E-state index is 0.158. The number of rotatable bonds is 4. The normalized spacial score (nSPS) is 13.1. The number of hydrogen-bond donors (Lipinski definition) is 0. The summed E-state index contributed by atoms with van der Waals surface area (Å²) in [4.78, 5) is 11.7. The van der Waals surface area contributed by atoms with Crippen LogP contribution in [0.1, 0.15) is 25.0 Å². The van der Waals surface area contributed by atoms with Crippen molar-refractivity contribution in [1.29, 1.82) is 0 Å². The van der Waals surface area contributed by atoms with Crippen molar-refractivity contribution in [2.75, 3.05) is 6.61 Å². The van der Waals surface area contributed by atoms with E-state index in [-0.39, 0.29) is 11.5 Å². The smallest absolute Gasteiger partial charge is 0.324 e. The second-order valence-corrected chi connectivity index (χ2v) is 6.45. The fraction of sp³-hybridized carbons (Fsp3) is 0.462. The van der Waals surface area contributed by atoms with Gasteiger partial charge in [-0.25, -0.2) is 8.42 Å². The summed E-state index contributed by atoms with van der Waals surface area (Å²) in [5.41, 5.74) is 1.89. The third kappa shape index (κ3) is 2.90. The minimum Gasteiger partial charge on any atom is -0.465 e. The zero-order chi connectivity index (χ0) is 13.9. The molecule has 1 aromatic rings. The Bertz CT molecular complexity index is 546. The highest BCUT2D eigenvalue weighted by atomic mass is 32.2. The molecule has 1 atom stereocenters. The van der Waals surface area contributed by atoms with Crippen molar-refractivity contribution in [1.82, 2.24) is 0 Å². The second kappa shape index (κ2) is 5.52. The standard InChI is InChI=1S/C13H18O4S/c1-5-17-13(14)11(4)18(15,16)12-7-6-9(2)10(3)8-12/h6-8,11H,5H2,1-4H3. The van der Waals surface area contributed by atoms with Crippen LogP contribution in [0.4, 0.5) is 0 Å². The van der Waals surface area contributed by atoms with Gasteiger partial charge in [0, 0.05) is 0 Å². The van der Waals surface area contributed by atoms with Gasteiger partial charge in [-0.05, 0) is 51.0 Å². The first-order chi connectivity index (χ1) is 8.30. The number of hydrogen-bond acceptors (Lipinski definition) is 4. The highest BCUT2D eigenvalue weighted by Crippen LogP contribution is 2.20. The molecule has 1 aromatic carbocycles. The Morgan fingerprint density at radius 1 is 1.28 bits per heavy atom. The Balaban J connectivity index is 3.13. The van der Waals surface area contributed by atoms with E-state index < -0.39 is 21.1 Å². The number of sulfone groups is 1. The van der Waals surface area contributed by atoms with E-state index in [9.17, 15) is 13.2 Å². The van der Waals surface area contributed by atoms with Gasteiger partial charge in [0.2, 0.25) is 0 Å². The van der Waals surface area contributed by atoms with E-state index in [0.29, 0.717) is 0 Å². The lowest BCUT2D eigenvalue weighted by Crippen LogP contribution is -2.29. The molecule has 0 bridgehead atoms. The van der Waals surface area contributed by atoms with E-state index in [2.05, 4.69) is 0 Å². The maximum Gasteiger partial charge on any atom is 0.324 e. The number of ether oxygens (including phenoxy) is 1. The van der Waals surface area contributed by atoms with E-state index in [1.165, 1.54) is 13.0 Å². The van der Waals surface area contributed by atoms with Crippen LogP contribution in [0.15, 0.2) is 23.1 Å². The lowest BCUT2D eigenvalue weighted by atomic mass is 10.1. The summed E-state index contributed by atoms with van der Waals surface area (Å²) in [6, 6.07) is 4.84. The van der Waals surface area contributed by atoms with Crippen LogP contribution in [0, 0.1) is 13.8 Å². The average Bonchev–Trinajstić information content (AvgIpc) is 2.31. The molecule has 0 N–H and O–H groups in total. The van der Waals surface area contributed by atoms with E-state index in [4.69, 9.17) is 4.74 Å². The molecule has 5 heteroatoms. The first-order valence-electron chi connectivity index (χ1n) is 5.78. The van der Waals surface area contributed by atoms with Crippen LogP contribution in [-0.2, 0) is 19.4 Å². The molecule has 0 radical (unpaired) electrons. The summed E-state index contributed by atoms with van der Waals surface area (Å²) in [6.45, 7) is 6.91. The van der Waals surface area contributed by atoms with E-state index in [0.717, 1.165) is 11.1 Å². The zero-order valence-electron chi connectivity index (χ0n) is 11.1. The topological polar surface area (TPSA) is 60.4 Å². The summed E-state index contributed by atoms with van der Waals surface area (Å²) in [5, 5.41) is -1.18. The van der Waals surface area contributed by atoms with Gasteiger partial charge in [0.15, 0.2) is 15.1 Å². The zero-order valence-corrected chi connectivity index (χ0v) is 11.9. The molecule has 0 aromatic heterocycles. The Morgan fingerprint density at radius 2 is 1.89 bits per heavy atom. The Hall–Kier alpha value is -1.36. The first kappa shape index (κ1) is 14.7. The molecule has 0 saturated heterocycles. The van der Waals surface area contributed by atoms with Crippen LogP contribution in [0.3, 0.4) is 0 Å². The molecule has 0 saturated carbocycles. The van der Waals surface area contributed by atoms with Crippen molar-refractivity contribution in [3.63, 3.8) is 0 Å². The van der Waals surface area contributed by atoms with Gasteiger partial charge in [-0.3, -0.25) is 4.79 Å². The quantitative estimate of drug-likeness (QED) is 0.785. The molecule has 0 amide bonds. The molecule has 1 rings (SSSR count). The largest absolute Gasteiger partial charge is 0.465 e. The fourth-order valence-electron chi connectivity index (χ4n) is 1.48. The third-order valence-electron chi connectivity index (χ3n) is 2.89. The predicted octanol–water partition coefficient (Wildman–Crippen LogP) is 2.03. The molecule has 0 aliphatic carbocycles. The van der Waals surface area contributed by atoms with Crippen LogP contribution in [0.5, 0.6) is 0 Å². The van der Waals surface area contributed by atoms with Gasteiger partial charge in [0.05, 0.1) is 11.5 Å². The van der Waals surface area contributed by atoms with Crippen molar-refractivity contribution in [2.45, 2.75) is 37.8 Å². The summed E-state index contributed by atoms with van der Waals surface area (Å²) >= 11 is 0. The maximum absolute atomic E-state index is 12.2. The van der Waals surface area contributed by atoms with Gasteiger partial charge in [-0.2, -0.15) is 0 Å². The predicted molar refractivity (Wildman–Crippen MR) is 69.2 cm³/mol. The molecule has 18 heavy (non-hydrogen) atoms. The molecule has 0 spiro atoms. The molecule has 4 nitrogen and oxygen atoms in total. The molecule has 100 valence electrons. The lowest BCUT2D eigenvalue weighted by Gasteiger charge is -2.12. The number of carbonyl (C=O) groups excluding carboxylic acids is 1. The highest BCUT2D eigenvalue weighted by molar-refractivity contribution is 7.92. The lowest BCUT2D eigenvalue weighted by molar-refractivity contribution is -0.142. The van der Waals surface area contributed by atoms with Crippen molar-refractivity contribution < 1.29 is 17.9 Å². The Kier molecular flexibility index (Phi) is 4.51. The van der Waals surface area contributed by atoms with Crippen molar-refractivity contribution in [3.05, 3.63) is 29.3 Å². The van der Waals surface area contributed by atoms with Crippen molar-refractivity contribution in [3.8, 4) is 0 Å². The summed E-state index contributed by atoms with van der Waals surface area (Å²) in [6.07, 6.45) is 0. The summed E-state index contributed by atoms with van der Waals surface area (Å²) in [7, 11) is -3.67. The van der Waals surface area contributed by atoms with Gasteiger partial charge in [0.1, 0.15) is 0 Å². The first-order valence-corrected chi connectivity index (χ1v) is 7.33. The van der Waals surface area contributed by atoms with Crippen LogP contribution in [0.2, 0.25) is 0 Å². The van der Waals surface area contributed by atoms with Crippen LogP contribution in [0.25, 0.3) is 0 Å². The molecule has 0 aliphatic rings. The maximum atomic E-state index is 12.2. The van der Waals surface area contributed by atoms with Gasteiger partial charge < -0.3 is 4.74 Å². The van der Waals surface area contributed by atoms with Gasteiger partial charge in [-0.15, -0.1) is 0 Å². The van der Waals surface area contributed by atoms with Gasteiger partial charge in [0.25, 0.3) is 0 Å². The number of carbonyl (C=O) groups is 1. The summed E-state index contributed by atoms with van der Waals surface area (Å²) < 4.78 is 29.2. The Labute approximate surface area is 108 Å². The van der Waals surface area contributed by atoms with E-state index >= 15 is 0 Å². The van der Waals surface area contributed by atoms with Crippen LogP contribution < -0.4 is 0 Å². The van der Waals surface area contributed by atoms with Crippen molar-refractivity contribution >= 4 is 15.8 Å². The van der Waals surface area contributed by atoms with Gasteiger partial charge in [-0.1, -0.05) is 6.07 Å². The fourth-order valence-corrected chi connectivity index (χ4v) is 2.81. The average molecular weight is 270 g/mol. The SMILES string of the molecule is CCOC(=O)C(C)S(=O)(=O)c1ccc(C)c(C)c1. The molecule has 0 heterocycles. The molecular weight excluding hydrogens is 252 g/mol. The number of esters is 1. The molecule has 0 fully saturated rings. The van der Waals surface area contributed by atoms with Crippen LogP contribution >= 0.6 is 0 Å². The van der Waals surface area contributed by atoms with Crippen molar-refractivity contribution in [2.24, 2.45) is 0 Å². The minimum atomic E-state index is -3.67. The van der Waals surface area contributed by atoms with Gasteiger partial charge >= 0.3 is 5.97 Å². The van der Waals surface area contributed by atoms with E-state index in [1.807, 2.05) is 13.8 Å². The number of benzene rings is 1. The molecule has 1 unspecified atom stereocenters.